The molecule has 0 saturated carbocycles. The molecule has 2 heterocycles. The lowest BCUT2D eigenvalue weighted by Crippen LogP contribution is -2.35. The largest absolute Gasteiger partial charge is 0.482 e. The van der Waals surface area contributed by atoms with Crippen LogP contribution in [0.25, 0.3) is 0 Å². The molecule has 0 N–H and O–H groups in total. The van der Waals surface area contributed by atoms with Gasteiger partial charge in [-0.3, -0.25) is 0 Å². The van der Waals surface area contributed by atoms with Gasteiger partial charge in [-0.15, -0.1) is 0 Å². The lowest BCUT2D eigenvalue weighted by molar-refractivity contribution is 0.0553. The van der Waals surface area contributed by atoms with E-state index in [2.05, 4.69) is 67.6 Å². The van der Waals surface area contributed by atoms with E-state index >= 15 is 0 Å². The number of fused-ring (bicyclic) bond motifs is 2. The van der Waals surface area contributed by atoms with Crippen molar-refractivity contribution >= 4 is 0 Å². The standard InChI is InChI=1S/C23H20O3/c1-23(17-10-6-3-7-11-17)14-19(16-8-4-2-5-9-16)18-12-21-22(25-15-24-21)13-20(18)26-23/h2-13,19H,14-15H2,1H3/t19-,23+/m0/s1. The van der Waals surface area contributed by atoms with Gasteiger partial charge in [-0.1, -0.05) is 60.7 Å². The van der Waals surface area contributed by atoms with Crippen molar-refractivity contribution in [2.24, 2.45) is 0 Å². The fourth-order valence-electron chi connectivity index (χ4n) is 4.03. The zero-order valence-electron chi connectivity index (χ0n) is 14.6. The van der Waals surface area contributed by atoms with Crippen LogP contribution in [-0.4, -0.2) is 6.79 Å². The zero-order chi connectivity index (χ0) is 17.6. The molecule has 3 nitrogen and oxygen atoms in total. The first-order valence-electron chi connectivity index (χ1n) is 8.96. The van der Waals surface area contributed by atoms with E-state index in [1.165, 1.54) is 11.1 Å². The van der Waals surface area contributed by atoms with Gasteiger partial charge in [0.15, 0.2) is 11.5 Å². The second kappa shape index (κ2) is 5.80. The molecule has 2 aliphatic heterocycles. The number of hydrogen-bond donors (Lipinski definition) is 0. The Labute approximate surface area is 153 Å². The molecular weight excluding hydrogens is 324 g/mol. The predicted molar refractivity (Wildman–Crippen MR) is 99.9 cm³/mol. The molecule has 2 aliphatic rings. The second-order valence-electron chi connectivity index (χ2n) is 7.11. The van der Waals surface area contributed by atoms with Gasteiger partial charge in [-0.25, -0.2) is 0 Å². The van der Waals surface area contributed by atoms with Gasteiger partial charge >= 0.3 is 0 Å². The van der Waals surface area contributed by atoms with Crippen LogP contribution in [0.5, 0.6) is 17.2 Å². The lowest BCUT2D eigenvalue weighted by Gasteiger charge is -2.40. The van der Waals surface area contributed by atoms with Gasteiger partial charge in [0.05, 0.1) is 0 Å². The van der Waals surface area contributed by atoms with Crippen LogP contribution in [0.4, 0.5) is 0 Å². The molecule has 3 heteroatoms. The monoisotopic (exact) mass is 344 g/mol. The average Bonchev–Trinajstić information content (AvgIpc) is 3.14. The lowest BCUT2D eigenvalue weighted by atomic mass is 9.76. The van der Waals surface area contributed by atoms with Crippen molar-refractivity contribution in [3.8, 4) is 17.2 Å². The minimum absolute atomic E-state index is 0.236. The summed E-state index contributed by atoms with van der Waals surface area (Å²) in [6.07, 6.45) is 0.869. The summed E-state index contributed by atoms with van der Waals surface area (Å²) in [6.45, 7) is 2.44. The molecule has 26 heavy (non-hydrogen) atoms. The molecule has 0 amide bonds. The molecule has 3 aromatic rings. The quantitative estimate of drug-likeness (QED) is 0.636. The smallest absolute Gasteiger partial charge is 0.231 e. The van der Waals surface area contributed by atoms with Crippen LogP contribution in [-0.2, 0) is 5.60 Å². The summed E-state index contributed by atoms with van der Waals surface area (Å²) in [7, 11) is 0. The van der Waals surface area contributed by atoms with E-state index in [-0.39, 0.29) is 12.7 Å². The molecule has 0 radical (unpaired) electrons. The second-order valence-corrected chi connectivity index (χ2v) is 7.11. The molecule has 0 bridgehead atoms. The van der Waals surface area contributed by atoms with Crippen LogP contribution in [0, 0.1) is 0 Å². The van der Waals surface area contributed by atoms with Gasteiger partial charge in [0, 0.05) is 24.0 Å². The van der Waals surface area contributed by atoms with Gasteiger partial charge in [0.1, 0.15) is 11.4 Å². The van der Waals surface area contributed by atoms with Crippen molar-refractivity contribution in [1.29, 1.82) is 0 Å². The first-order chi connectivity index (χ1) is 12.7. The van der Waals surface area contributed by atoms with Crippen LogP contribution in [0.3, 0.4) is 0 Å². The summed E-state index contributed by atoms with van der Waals surface area (Å²) in [5.74, 6) is 2.67. The Morgan fingerprint density at radius 1 is 0.808 bits per heavy atom. The highest BCUT2D eigenvalue weighted by atomic mass is 16.7. The van der Waals surface area contributed by atoms with E-state index < -0.39 is 5.60 Å². The molecule has 0 aromatic heterocycles. The topological polar surface area (TPSA) is 27.7 Å². The maximum absolute atomic E-state index is 6.55. The van der Waals surface area contributed by atoms with E-state index in [9.17, 15) is 0 Å². The highest BCUT2D eigenvalue weighted by Crippen LogP contribution is 2.51. The minimum atomic E-state index is -0.400. The Morgan fingerprint density at radius 2 is 1.46 bits per heavy atom. The maximum Gasteiger partial charge on any atom is 0.231 e. The summed E-state index contributed by atoms with van der Waals surface area (Å²) in [5.41, 5.74) is 3.24. The van der Waals surface area contributed by atoms with E-state index in [1.54, 1.807) is 0 Å². The van der Waals surface area contributed by atoms with Gasteiger partial charge < -0.3 is 14.2 Å². The Bertz CT molecular complexity index is 936. The maximum atomic E-state index is 6.55. The van der Waals surface area contributed by atoms with Crippen molar-refractivity contribution in [3.05, 3.63) is 89.5 Å². The first-order valence-corrected chi connectivity index (χ1v) is 8.96. The molecule has 130 valence electrons. The van der Waals surface area contributed by atoms with Crippen LogP contribution in [0.1, 0.15) is 36.0 Å². The summed E-state index contributed by atoms with van der Waals surface area (Å²) < 4.78 is 17.7. The van der Waals surface area contributed by atoms with Crippen LogP contribution >= 0.6 is 0 Å². The van der Waals surface area contributed by atoms with Crippen LogP contribution in [0.2, 0.25) is 0 Å². The molecule has 0 saturated heterocycles. The SMILES string of the molecule is C[C@]1(c2ccccc2)C[C@@H](c2ccccc2)c2cc3c(cc2O1)OCO3. The summed E-state index contributed by atoms with van der Waals surface area (Å²) >= 11 is 0. The minimum Gasteiger partial charge on any atom is -0.482 e. The Kier molecular flexibility index (Phi) is 3.42. The van der Waals surface area contributed by atoms with Crippen molar-refractivity contribution in [1.82, 2.24) is 0 Å². The van der Waals surface area contributed by atoms with Crippen molar-refractivity contribution < 1.29 is 14.2 Å². The molecule has 5 rings (SSSR count). The van der Waals surface area contributed by atoms with E-state index in [0.717, 1.165) is 29.2 Å². The Morgan fingerprint density at radius 3 is 2.19 bits per heavy atom. The highest BCUT2D eigenvalue weighted by Gasteiger charge is 2.40. The summed E-state index contributed by atoms with van der Waals surface area (Å²) in [6, 6.07) is 25.1. The first kappa shape index (κ1) is 15.3. The molecule has 2 atom stereocenters. The Balaban J connectivity index is 1.67. The predicted octanol–water partition coefficient (Wildman–Crippen LogP) is 5.25. The third kappa shape index (κ3) is 2.43. The van der Waals surface area contributed by atoms with E-state index in [1.807, 2.05) is 12.1 Å². The van der Waals surface area contributed by atoms with Gasteiger partial charge in [-0.05, 0) is 24.1 Å². The van der Waals surface area contributed by atoms with Gasteiger partial charge in [-0.2, -0.15) is 0 Å². The summed E-state index contributed by atoms with van der Waals surface area (Å²) in [4.78, 5) is 0. The molecule has 0 unspecified atom stereocenters. The van der Waals surface area contributed by atoms with Crippen molar-refractivity contribution in [2.75, 3.05) is 6.79 Å². The van der Waals surface area contributed by atoms with E-state index in [4.69, 9.17) is 14.2 Å². The average molecular weight is 344 g/mol. The number of ether oxygens (including phenoxy) is 3. The van der Waals surface area contributed by atoms with Gasteiger partial charge in [0.2, 0.25) is 6.79 Å². The van der Waals surface area contributed by atoms with Crippen molar-refractivity contribution in [2.45, 2.75) is 24.9 Å². The van der Waals surface area contributed by atoms with Crippen molar-refractivity contribution in [3.63, 3.8) is 0 Å². The molecule has 0 spiro atoms. The molecule has 0 aliphatic carbocycles. The third-order valence-corrected chi connectivity index (χ3v) is 5.40. The molecule has 3 aromatic carbocycles. The fourth-order valence-corrected chi connectivity index (χ4v) is 4.03. The van der Waals surface area contributed by atoms with Gasteiger partial charge in [0.25, 0.3) is 0 Å². The molecule has 0 fully saturated rings. The normalized spacial score (nSPS) is 23.2. The fraction of sp³-hybridized carbons (Fsp3) is 0.217. The molecular formula is C23H20O3. The third-order valence-electron chi connectivity index (χ3n) is 5.40. The van der Waals surface area contributed by atoms with E-state index in [0.29, 0.717) is 0 Å². The number of hydrogen-bond acceptors (Lipinski definition) is 3. The summed E-state index contributed by atoms with van der Waals surface area (Å²) in [5, 5.41) is 0. The van der Waals surface area contributed by atoms with Crippen LogP contribution in [0.15, 0.2) is 72.8 Å². The Hall–Kier alpha value is -2.94. The number of benzene rings is 3. The highest BCUT2D eigenvalue weighted by molar-refractivity contribution is 5.56. The number of rotatable bonds is 2. The zero-order valence-corrected chi connectivity index (χ0v) is 14.6. The van der Waals surface area contributed by atoms with Crippen LogP contribution < -0.4 is 14.2 Å².